The molecule has 0 bridgehead atoms. The van der Waals surface area contributed by atoms with Crippen LogP contribution in [0.15, 0.2) is 91.0 Å². The number of carbonyl (C=O) groups excluding carboxylic acids is 4. The van der Waals surface area contributed by atoms with Crippen LogP contribution in [0.25, 0.3) is 21.8 Å². The minimum Gasteiger partial charge on any atom is -0.326 e. The standard InChI is InChI=1S/C31H25N5O4/c1-18(37)32-26-9-5-3-7-24(26)30(39)34-22-13-11-20-15-21-12-14-23(17-29(21)36-28(20)16-22)35-31(40)25-8-4-6-10-27(25)33-19(2)38/h3-17H,1-2H3,(H,32,37)(H,33,38)(H,34,39)(H,35,40). The molecule has 4 aromatic carbocycles. The number of benzene rings is 4. The van der Waals surface area contributed by atoms with Crippen molar-refractivity contribution in [2.45, 2.75) is 13.8 Å². The van der Waals surface area contributed by atoms with Crippen molar-refractivity contribution in [2.75, 3.05) is 21.3 Å². The fraction of sp³-hybridized carbons (Fsp3) is 0.0645. The molecule has 9 nitrogen and oxygen atoms in total. The summed E-state index contributed by atoms with van der Waals surface area (Å²) in [6, 6.07) is 26.4. The van der Waals surface area contributed by atoms with Gasteiger partial charge in [-0.05, 0) is 54.6 Å². The van der Waals surface area contributed by atoms with Crippen molar-refractivity contribution in [2.24, 2.45) is 0 Å². The maximum Gasteiger partial charge on any atom is 0.257 e. The maximum atomic E-state index is 13.0. The zero-order valence-electron chi connectivity index (χ0n) is 21.7. The monoisotopic (exact) mass is 531 g/mol. The van der Waals surface area contributed by atoms with Crippen LogP contribution in [0.3, 0.4) is 0 Å². The lowest BCUT2D eigenvalue weighted by Crippen LogP contribution is -2.16. The predicted octanol–water partition coefficient (Wildman–Crippen LogP) is 5.81. The molecular weight excluding hydrogens is 506 g/mol. The van der Waals surface area contributed by atoms with Crippen LogP contribution in [0.4, 0.5) is 22.7 Å². The van der Waals surface area contributed by atoms with E-state index >= 15 is 0 Å². The van der Waals surface area contributed by atoms with E-state index in [1.807, 2.05) is 18.2 Å². The van der Waals surface area contributed by atoms with Crippen LogP contribution in [0.5, 0.6) is 0 Å². The predicted molar refractivity (Wildman–Crippen MR) is 157 cm³/mol. The summed E-state index contributed by atoms with van der Waals surface area (Å²) >= 11 is 0. The summed E-state index contributed by atoms with van der Waals surface area (Å²) in [5.74, 6) is -1.27. The van der Waals surface area contributed by atoms with Gasteiger partial charge in [0.15, 0.2) is 0 Å². The smallest absolute Gasteiger partial charge is 0.257 e. The molecule has 0 radical (unpaired) electrons. The normalized spacial score (nSPS) is 10.7. The first-order valence-electron chi connectivity index (χ1n) is 12.5. The van der Waals surface area contributed by atoms with Gasteiger partial charge in [0.25, 0.3) is 11.8 Å². The molecule has 0 spiro atoms. The molecule has 40 heavy (non-hydrogen) atoms. The number of aromatic nitrogens is 1. The molecule has 9 heteroatoms. The molecule has 0 fully saturated rings. The maximum absolute atomic E-state index is 13.0. The van der Waals surface area contributed by atoms with E-state index in [2.05, 4.69) is 21.3 Å². The van der Waals surface area contributed by atoms with Crippen LogP contribution < -0.4 is 21.3 Å². The summed E-state index contributed by atoms with van der Waals surface area (Å²) in [6.45, 7) is 2.77. The fourth-order valence-electron chi connectivity index (χ4n) is 4.33. The fourth-order valence-corrected chi connectivity index (χ4v) is 4.33. The van der Waals surface area contributed by atoms with Gasteiger partial charge in [0.2, 0.25) is 11.8 Å². The second-order valence-electron chi connectivity index (χ2n) is 9.17. The molecule has 0 saturated heterocycles. The minimum absolute atomic E-state index is 0.269. The van der Waals surface area contributed by atoms with Crippen LogP contribution in [0.1, 0.15) is 34.6 Å². The third-order valence-corrected chi connectivity index (χ3v) is 6.09. The van der Waals surface area contributed by atoms with Crippen molar-refractivity contribution in [1.29, 1.82) is 0 Å². The number of nitrogens with zero attached hydrogens (tertiary/aromatic N) is 1. The van der Waals surface area contributed by atoms with E-state index in [1.54, 1.807) is 72.8 Å². The van der Waals surface area contributed by atoms with E-state index in [0.29, 0.717) is 44.9 Å². The Bertz CT molecular complexity index is 1690. The molecule has 5 aromatic rings. The second kappa shape index (κ2) is 11.0. The van der Waals surface area contributed by atoms with Crippen LogP contribution in [0, 0.1) is 0 Å². The van der Waals surface area contributed by atoms with Gasteiger partial charge >= 0.3 is 0 Å². The van der Waals surface area contributed by atoms with E-state index in [4.69, 9.17) is 4.98 Å². The minimum atomic E-state index is -0.367. The van der Waals surface area contributed by atoms with Crippen LogP contribution in [-0.2, 0) is 9.59 Å². The topological polar surface area (TPSA) is 129 Å². The molecule has 0 unspecified atom stereocenters. The zero-order chi connectivity index (χ0) is 28.2. The number of hydrogen-bond donors (Lipinski definition) is 4. The van der Waals surface area contributed by atoms with Crippen molar-refractivity contribution in [1.82, 2.24) is 4.98 Å². The lowest BCUT2D eigenvalue weighted by Gasteiger charge is -2.12. The Hall–Kier alpha value is -5.57. The first-order valence-corrected chi connectivity index (χ1v) is 12.5. The van der Waals surface area contributed by atoms with Gasteiger partial charge in [-0.3, -0.25) is 19.2 Å². The molecule has 5 rings (SSSR count). The van der Waals surface area contributed by atoms with Crippen LogP contribution in [-0.4, -0.2) is 28.6 Å². The van der Waals surface area contributed by atoms with Crippen molar-refractivity contribution in [3.63, 3.8) is 0 Å². The van der Waals surface area contributed by atoms with Crippen LogP contribution >= 0.6 is 0 Å². The van der Waals surface area contributed by atoms with Gasteiger partial charge in [-0.15, -0.1) is 0 Å². The number of para-hydroxylation sites is 2. The molecule has 0 aliphatic carbocycles. The molecule has 4 N–H and O–H groups in total. The Kier molecular flexibility index (Phi) is 7.19. The molecule has 1 aromatic heterocycles. The average molecular weight is 532 g/mol. The van der Waals surface area contributed by atoms with Gasteiger partial charge in [0, 0.05) is 36.0 Å². The summed E-state index contributed by atoms with van der Waals surface area (Å²) < 4.78 is 0. The van der Waals surface area contributed by atoms with E-state index in [-0.39, 0.29) is 23.6 Å². The summed E-state index contributed by atoms with van der Waals surface area (Å²) in [5.41, 5.74) is 3.91. The van der Waals surface area contributed by atoms with Crippen molar-refractivity contribution < 1.29 is 19.2 Å². The lowest BCUT2D eigenvalue weighted by atomic mass is 10.1. The highest BCUT2D eigenvalue weighted by atomic mass is 16.2. The first kappa shape index (κ1) is 26.1. The van der Waals surface area contributed by atoms with E-state index in [9.17, 15) is 19.2 Å². The number of rotatable bonds is 6. The average Bonchev–Trinajstić information content (AvgIpc) is 2.91. The number of anilines is 4. The quantitative estimate of drug-likeness (QED) is 0.206. The van der Waals surface area contributed by atoms with Gasteiger partial charge in [-0.2, -0.15) is 0 Å². The van der Waals surface area contributed by atoms with Gasteiger partial charge in [-0.25, -0.2) is 4.98 Å². The molecule has 198 valence electrons. The molecule has 1 heterocycles. The van der Waals surface area contributed by atoms with Gasteiger partial charge in [0.1, 0.15) is 0 Å². The van der Waals surface area contributed by atoms with E-state index in [0.717, 1.165) is 10.8 Å². The number of hydrogen-bond acceptors (Lipinski definition) is 5. The Morgan fingerprint density at radius 3 is 1.38 bits per heavy atom. The summed E-state index contributed by atoms with van der Waals surface area (Å²) in [6.07, 6.45) is 0. The lowest BCUT2D eigenvalue weighted by molar-refractivity contribution is -0.115. The number of amides is 4. The largest absolute Gasteiger partial charge is 0.326 e. The third kappa shape index (κ3) is 5.78. The Balaban J connectivity index is 1.40. The molecule has 4 amide bonds. The van der Waals surface area contributed by atoms with E-state index < -0.39 is 0 Å². The van der Waals surface area contributed by atoms with Crippen LogP contribution in [0.2, 0.25) is 0 Å². The summed E-state index contributed by atoms with van der Waals surface area (Å²) in [5, 5.41) is 12.8. The first-order chi connectivity index (χ1) is 19.3. The summed E-state index contributed by atoms with van der Waals surface area (Å²) in [7, 11) is 0. The highest BCUT2D eigenvalue weighted by Crippen LogP contribution is 2.26. The van der Waals surface area contributed by atoms with Crippen molar-refractivity contribution in [3.05, 3.63) is 102 Å². The van der Waals surface area contributed by atoms with Gasteiger partial charge < -0.3 is 21.3 Å². The Morgan fingerprint density at radius 1 is 0.525 bits per heavy atom. The van der Waals surface area contributed by atoms with Gasteiger partial charge in [0.05, 0.1) is 33.5 Å². The Labute approximate surface area is 229 Å². The Morgan fingerprint density at radius 2 is 0.950 bits per heavy atom. The van der Waals surface area contributed by atoms with Crippen molar-refractivity contribution >= 4 is 68.2 Å². The highest BCUT2D eigenvalue weighted by molar-refractivity contribution is 6.11. The molecular formula is C31H25N5O4. The molecule has 0 aliphatic heterocycles. The van der Waals surface area contributed by atoms with Crippen molar-refractivity contribution in [3.8, 4) is 0 Å². The number of fused-ring (bicyclic) bond motifs is 2. The molecule has 0 saturated carbocycles. The number of carbonyl (C=O) groups is 4. The molecule has 0 aliphatic rings. The van der Waals surface area contributed by atoms with Gasteiger partial charge in [-0.1, -0.05) is 36.4 Å². The number of nitrogens with one attached hydrogen (secondary N) is 4. The highest BCUT2D eigenvalue weighted by Gasteiger charge is 2.14. The summed E-state index contributed by atoms with van der Waals surface area (Å²) in [4.78, 5) is 53.7. The SMILES string of the molecule is CC(=O)Nc1ccccc1C(=O)Nc1ccc2cc3ccc(NC(=O)c4ccccc4NC(C)=O)cc3nc2c1. The number of pyridine rings is 1. The van der Waals surface area contributed by atoms with E-state index in [1.165, 1.54) is 13.8 Å². The zero-order valence-corrected chi connectivity index (χ0v) is 21.7. The third-order valence-electron chi connectivity index (χ3n) is 6.09. The second-order valence-corrected chi connectivity index (χ2v) is 9.17. The molecule has 0 atom stereocenters.